The molecular weight excluding hydrogens is 429 g/mol. The van der Waals surface area contributed by atoms with E-state index >= 15 is 0 Å². The number of amides is 1. The number of benzene rings is 2. The third-order valence-corrected chi connectivity index (χ3v) is 6.28. The van der Waals surface area contributed by atoms with E-state index in [-0.39, 0.29) is 18.2 Å². The molecule has 1 amide bonds. The quantitative estimate of drug-likeness (QED) is 0.531. The van der Waals surface area contributed by atoms with E-state index < -0.39 is 15.8 Å². The SMILES string of the molecule is Cn1c(CN(c2ccc(F)cc2)S(C)(=O)=O)nnc1SCC(=O)Nc1ccccc1. The fourth-order valence-electron chi connectivity index (χ4n) is 2.59. The molecule has 1 N–H and O–H groups in total. The van der Waals surface area contributed by atoms with Gasteiger partial charge in [0.2, 0.25) is 15.9 Å². The fourth-order valence-corrected chi connectivity index (χ4v) is 4.18. The Balaban J connectivity index is 1.69. The molecule has 0 aliphatic carbocycles. The molecule has 0 fully saturated rings. The summed E-state index contributed by atoms with van der Waals surface area (Å²) in [5.74, 6) is -0.150. The van der Waals surface area contributed by atoms with Crippen LogP contribution in [0.5, 0.6) is 0 Å². The summed E-state index contributed by atoms with van der Waals surface area (Å²) in [5, 5.41) is 11.4. The first-order valence-electron chi connectivity index (χ1n) is 8.83. The summed E-state index contributed by atoms with van der Waals surface area (Å²) in [6.45, 7) is -0.0786. The highest BCUT2D eigenvalue weighted by atomic mass is 32.2. The lowest BCUT2D eigenvalue weighted by Crippen LogP contribution is -2.30. The minimum atomic E-state index is -3.64. The number of para-hydroxylation sites is 1. The molecule has 0 spiro atoms. The summed E-state index contributed by atoms with van der Waals surface area (Å²) >= 11 is 1.19. The van der Waals surface area contributed by atoms with Gasteiger partial charge in [0, 0.05) is 12.7 Å². The zero-order chi connectivity index (χ0) is 21.7. The van der Waals surface area contributed by atoms with Crippen LogP contribution in [0.1, 0.15) is 5.82 Å². The number of carbonyl (C=O) groups excluding carboxylic acids is 1. The number of thioether (sulfide) groups is 1. The average Bonchev–Trinajstić information content (AvgIpc) is 3.05. The highest BCUT2D eigenvalue weighted by Gasteiger charge is 2.21. The van der Waals surface area contributed by atoms with Crippen LogP contribution in [-0.2, 0) is 28.4 Å². The zero-order valence-corrected chi connectivity index (χ0v) is 18.0. The third-order valence-electron chi connectivity index (χ3n) is 4.11. The lowest BCUT2D eigenvalue weighted by atomic mass is 10.3. The topological polar surface area (TPSA) is 97.2 Å². The van der Waals surface area contributed by atoms with Crippen molar-refractivity contribution in [3.05, 3.63) is 66.2 Å². The van der Waals surface area contributed by atoms with Gasteiger partial charge in [0.1, 0.15) is 5.82 Å². The van der Waals surface area contributed by atoms with Crippen LogP contribution in [0.4, 0.5) is 15.8 Å². The second kappa shape index (κ2) is 9.26. The predicted molar refractivity (Wildman–Crippen MR) is 114 cm³/mol. The highest BCUT2D eigenvalue weighted by molar-refractivity contribution is 7.99. The highest BCUT2D eigenvalue weighted by Crippen LogP contribution is 2.22. The van der Waals surface area contributed by atoms with Gasteiger partial charge in [-0.05, 0) is 36.4 Å². The van der Waals surface area contributed by atoms with Crippen molar-refractivity contribution in [3.63, 3.8) is 0 Å². The maximum Gasteiger partial charge on any atom is 0.234 e. The van der Waals surface area contributed by atoms with E-state index in [0.717, 1.165) is 10.6 Å². The molecule has 0 saturated heterocycles. The van der Waals surface area contributed by atoms with Crippen LogP contribution in [0.2, 0.25) is 0 Å². The van der Waals surface area contributed by atoms with Gasteiger partial charge in [-0.1, -0.05) is 30.0 Å². The van der Waals surface area contributed by atoms with E-state index in [1.807, 2.05) is 18.2 Å². The number of rotatable bonds is 8. The molecule has 158 valence electrons. The number of carbonyl (C=O) groups is 1. The molecule has 3 rings (SSSR count). The Hall–Kier alpha value is -2.92. The summed E-state index contributed by atoms with van der Waals surface area (Å²) in [5.41, 5.74) is 1.02. The van der Waals surface area contributed by atoms with Crippen molar-refractivity contribution in [2.45, 2.75) is 11.7 Å². The van der Waals surface area contributed by atoms with Crippen molar-refractivity contribution < 1.29 is 17.6 Å². The summed E-state index contributed by atoms with van der Waals surface area (Å²) in [7, 11) is -1.95. The molecule has 0 saturated carbocycles. The lowest BCUT2D eigenvalue weighted by Gasteiger charge is -2.21. The smallest absolute Gasteiger partial charge is 0.234 e. The summed E-state index contributed by atoms with van der Waals surface area (Å²) in [6.07, 6.45) is 1.07. The van der Waals surface area contributed by atoms with Crippen LogP contribution < -0.4 is 9.62 Å². The van der Waals surface area contributed by atoms with Crippen molar-refractivity contribution in [1.82, 2.24) is 14.8 Å². The van der Waals surface area contributed by atoms with Gasteiger partial charge in [0.05, 0.1) is 24.2 Å². The number of anilines is 2. The number of aromatic nitrogens is 3. The number of hydrogen-bond acceptors (Lipinski definition) is 6. The Kier molecular flexibility index (Phi) is 6.73. The van der Waals surface area contributed by atoms with Gasteiger partial charge in [0.25, 0.3) is 0 Å². The van der Waals surface area contributed by atoms with Gasteiger partial charge < -0.3 is 9.88 Å². The number of halogens is 1. The molecule has 11 heteroatoms. The minimum Gasteiger partial charge on any atom is -0.325 e. The summed E-state index contributed by atoms with van der Waals surface area (Å²) < 4.78 is 40.4. The van der Waals surface area contributed by atoms with E-state index in [4.69, 9.17) is 0 Å². The molecule has 0 aliphatic rings. The zero-order valence-electron chi connectivity index (χ0n) is 16.3. The van der Waals surface area contributed by atoms with Crippen LogP contribution in [0.15, 0.2) is 59.8 Å². The van der Waals surface area contributed by atoms with Crippen LogP contribution in [0.25, 0.3) is 0 Å². The second-order valence-electron chi connectivity index (χ2n) is 6.41. The Morgan fingerprint density at radius 3 is 2.43 bits per heavy atom. The normalized spacial score (nSPS) is 11.3. The van der Waals surface area contributed by atoms with Gasteiger partial charge in [-0.15, -0.1) is 10.2 Å². The molecule has 3 aromatic rings. The first-order valence-corrected chi connectivity index (χ1v) is 11.7. The maximum absolute atomic E-state index is 13.2. The lowest BCUT2D eigenvalue weighted by molar-refractivity contribution is -0.113. The van der Waals surface area contributed by atoms with Gasteiger partial charge >= 0.3 is 0 Å². The average molecular weight is 450 g/mol. The standard InChI is InChI=1S/C19H20FN5O3S2/c1-24-17(12-25(30(2,27)28)16-10-8-14(20)9-11-16)22-23-19(24)29-13-18(26)21-15-6-4-3-5-7-15/h3-11H,12-13H2,1-2H3,(H,21,26). The van der Waals surface area contributed by atoms with Gasteiger partial charge in [0.15, 0.2) is 11.0 Å². The molecule has 0 atom stereocenters. The van der Waals surface area contributed by atoms with Crippen LogP contribution in [-0.4, -0.2) is 41.1 Å². The molecule has 1 heterocycles. The molecular formula is C19H20FN5O3S2. The molecule has 0 radical (unpaired) electrons. The third kappa shape index (κ3) is 5.57. The van der Waals surface area contributed by atoms with Crippen molar-refractivity contribution in [2.24, 2.45) is 7.05 Å². The van der Waals surface area contributed by atoms with E-state index in [9.17, 15) is 17.6 Å². The van der Waals surface area contributed by atoms with E-state index in [0.29, 0.717) is 22.4 Å². The minimum absolute atomic E-state index is 0.0786. The fraction of sp³-hybridized carbons (Fsp3) is 0.211. The molecule has 2 aromatic carbocycles. The molecule has 1 aromatic heterocycles. The number of nitrogens with zero attached hydrogens (tertiary/aromatic N) is 4. The van der Waals surface area contributed by atoms with Gasteiger partial charge in [-0.3, -0.25) is 9.10 Å². The van der Waals surface area contributed by atoms with Crippen molar-refractivity contribution in [1.29, 1.82) is 0 Å². The van der Waals surface area contributed by atoms with E-state index in [1.54, 1.807) is 23.7 Å². The number of sulfonamides is 1. The van der Waals surface area contributed by atoms with Gasteiger partial charge in [-0.2, -0.15) is 0 Å². The molecule has 0 unspecified atom stereocenters. The van der Waals surface area contributed by atoms with Crippen LogP contribution in [0, 0.1) is 5.82 Å². The summed E-state index contributed by atoms with van der Waals surface area (Å²) in [6, 6.07) is 14.2. The largest absolute Gasteiger partial charge is 0.325 e. The number of nitrogens with one attached hydrogen (secondary N) is 1. The van der Waals surface area contributed by atoms with Crippen molar-refractivity contribution in [2.75, 3.05) is 21.6 Å². The van der Waals surface area contributed by atoms with Crippen molar-refractivity contribution in [3.8, 4) is 0 Å². The molecule has 0 bridgehead atoms. The van der Waals surface area contributed by atoms with Crippen LogP contribution in [0.3, 0.4) is 0 Å². The van der Waals surface area contributed by atoms with Crippen LogP contribution >= 0.6 is 11.8 Å². The molecule has 8 nitrogen and oxygen atoms in total. The monoisotopic (exact) mass is 449 g/mol. The summed E-state index contributed by atoms with van der Waals surface area (Å²) in [4.78, 5) is 12.1. The van der Waals surface area contributed by atoms with E-state index in [1.165, 1.54) is 36.0 Å². The van der Waals surface area contributed by atoms with E-state index in [2.05, 4.69) is 15.5 Å². The predicted octanol–water partition coefficient (Wildman–Crippen LogP) is 2.65. The Morgan fingerprint density at radius 1 is 1.13 bits per heavy atom. The second-order valence-corrected chi connectivity index (χ2v) is 9.26. The maximum atomic E-state index is 13.2. The van der Waals surface area contributed by atoms with Crippen molar-refractivity contribution >= 4 is 39.1 Å². The Bertz CT molecular complexity index is 1120. The first kappa shape index (κ1) is 21.8. The molecule has 30 heavy (non-hydrogen) atoms. The van der Waals surface area contributed by atoms with Gasteiger partial charge in [-0.25, -0.2) is 12.8 Å². The number of hydrogen-bond donors (Lipinski definition) is 1. The molecule has 0 aliphatic heterocycles. The Labute approximate surface area is 178 Å². The first-order chi connectivity index (χ1) is 14.2. The Morgan fingerprint density at radius 2 is 1.80 bits per heavy atom.